The lowest BCUT2D eigenvalue weighted by Gasteiger charge is -2.21. The molecule has 112 valence electrons. The normalized spacial score (nSPS) is 14.8. The fraction of sp³-hybridized carbons (Fsp3) is 0.500. The molecule has 1 aromatic carbocycles. The molecule has 0 bridgehead atoms. The number of nitrogens with zero attached hydrogens (tertiary/aromatic N) is 1. The van der Waals surface area contributed by atoms with Crippen LogP contribution < -0.4 is 4.72 Å². The minimum Gasteiger partial charge on any atom is -0.395 e. The molecule has 2 atom stereocenters. The van der Waals surface area contributed by atoms with Crippen LogP contribution in [0, 0.1) is 16.0 Å². The highest BCUT2D eigenvalue weighted by molar-refractivity contribution is 7.89. The van der Waals surface area contributed by atoms with E-state index in [4.69, 9.17) is 0 Å². The fourth-order valence-electron chi connectivity index (χ4n) is 1.72. The molecule has 2 N–H and O–H groups in total. The van der Waals surface area contributed by atoms with E-state index in [2.05, 4.69) is 4.72 Å². The van der Waals surface area contributed by atoms with Crippen LogP contribution in [0.15, 0.2) is 29.2 Å². The predicted octanol–water partition coefficient (Wildman–Crippen LogP) is 1.28. The van der Waals surface area contributed by atoms with Crippen molar-refractivity contribution in [1.82, 2.24) is 4.72 Å². The molecule has 0 heterocycles. The smallest absolute Gasteiger partial charge is 0.289 e. The van der Waals surface area contributed by atoms with Crippen molar-refractivity contribution in [2.45, 2.75) is 31.2 Å². The summed E-state index contributed by atoms with van der Waals surface area (Å²) < 4.78 is 26.8. The van der Waals surface area contributed by atoms with Crippen LogP contribution in [0.4, 0.5) is 5.69 Å². The second-order valence-electron chi connectivity index (χ2n) is 4.52. The van der Waals surface area contributed by atoms with E-state index in [-0.39, 0.29) is 12.5 Å². The Morgan fingerprint density at radius 2 is 2.00 bits per heavy atom. The van der Waals surface area contributed by atoms with E-state index < -0.39 is 31.6 Å². The van der Waals surface area contributed by atoms with E-state index in [0.29, 0.717) is 6.42 Å². The number of sulfonamides is 1. The third-order valence-electron chi connectivity index (χ3n) is 3.19. The number of nitro benzene ring substituents is 1. The maximum atomic E-state index is 12.2. The van der Waals surface area contributed by atoms with Gasteiger partial charge in [-0.15, -0.1) is 0 Å². The molecule has 20 heavy (non-hydrogen) atoms. The van der Waals surface area contributed by atoms with E-state index in [1.807, 2.05) is 6.92 Å². The summed E-state index contributed by atoms with van der Waals surface area (Å²) in [5, 5.41) is 20.1. The van der Waals surface area contributed by atoms with Crippen molar-refractivity contribution < 1.29 is 18.4 Å². The van der Waals surface area contributed by atoms with Gasteiger partial charge in [0.2, 0.25) is 10.0 Å². The Morgan fingerprint density at radius 3 is 2.50 bits per heavy atom. The van der Waals surface area contributed by atoms with Gasteiger partial charge in [0.05, 0.1) is 11.5 Å². The third-order valence-corrected chi connectivity index (χ3v) is 4.72. The lowest BCUT2D eigenvalue weighted by atomic mass is 10.0. The average Bonchev–Trinajstić information content (AvgIpc) is 2.43. The zero-order valence-corrected chi connectivity index (χ0v) is 12.1. The lowest BCUT2D eigenvalue weighted by molar-refractivity contribution is -0.387. The Balaban J connectivity index is 3.14. The summed E-state index contributed by atoms with van der Waals surface area (Å²) in [6, 6.07) is 4.44. The Labute approximate surface area is 117 Å². The summed E-state index contributed by atoms with van der Waals surface area (Å²) in [5.74, 6) is -0.0856. The molecule has 0 saturated carbocycles. The Kier molecular flexibility index (Phi) is 5.61. The summed E-state index contributed by atoms with van der Waals surface area (Å²) in [7, 11) is -4.05. The number of nitro groups is 1. The van der Waals surface area contributed by atoms with Crippen LogP contribution in [-0.4, -0.2) is 31.1 Å². The molecule has 1 aromatic rings. The van der Waals surface area contributed by atoms with E-state index in [1.165, 1.54) is 18.2 Å². The van der Waals surface area contributed by atoms with Crippen molar-refractivity contribution in [1.29, 1.82) is 0 Å². The van der Waals surface area contributed by atoms with Crippen LogP contribution in [0.5, 0.6) is 0 Å². The zero-order valence-electron chi connectivity index (χ0n) is 11.3. The largest absolute Gasteiger partial charge is 0.395 e. The molecule has 0 radical (unpaired) electrons. The molecule has 1 rings (SSSR count). The lowest BCUT2D eigenvalue weighted by Crippen LogP contribution is -2.41. The second kappa shape index (κ2) is 6.78. The van der Waals surface area contributed by atoms with E-state index >= 15 is 0 Å². The number of benzene rings is 1. The quantitative estimate of drug-likeness (QED) is 0.582. The minimum atomic E-state index is -4.05. The molecule has 8 heteroatoms. The molecule has 0 aliphatic rings. The van der Waals surface area contributed by atoms with Gasteiger partial charge in [-0.2, -0.15) is 0 Å². The molecular formula is C12H18N2O5S. The van der Waals surface area contributed by atoms with Gasteiger partial charge in [0, 0.05) is 12.1 Å². The number of nitrogens with one attached hydrogen (secondary N) is 1. The van der Waals surface area contributed by atoms with Crippen LogP contribution in [0.2, 0.25) is 0 Å². The molecule has 0 amide bonds. The average molecular weight is 302 g/mol. The molecular weight excluding hydrogens is 284 g/mol. The molecule has 0 fully saturated rings. The topological polar surface area (TPSA) is 110 Å². The van der Waals surface area contributed by atoms with E-state index in [9.17, 15) is 23.6 Å². The van der Waals surface area contributed by atoms with E-state index in [1.54, 1.807) is 6.92 Å². The van der Waals surface area contributed by atoms with Gasteiger partial charge in [0.1, 0.15) is 0 Å². The number of hydrogen-bond donors (Lipinski definition) is 2. The van der Waals surface area contributed by atoms with E-state index in [0.717, 1.165) is 6.07 Å². The molecule has 0 saturated heterocycles. The van der Waals surface area contributed by atoms with Gasteiger partial charge in [0.25, 0.3) is 5.69 Å². The molecule has 0 spiro atoms. The molecule has 0 aromatic heterocycles. The maximum absolute atomic E-state index is 12.2. The maximum Gasteiger partial charge on any atom is 0.289 e. The predicted molar refractivity (Wildman–Crippen MR) is 73.7 cm³/mol. The van der Waals surface area contributed by atoms with Crippen molar-refractivity contribution in [3.63, 3.8) is 0 Å². The first-order chi connectivity index (χ1) is 9.33. The zero-order chi connectivity index (χ0) is 15.3. The molecule has 0 aliphatic carbocycles. The van der Waals surface area contributed by atoms with Crippen LogP contribution in [-0.2, 0) is 10.0 Å². The van der Waals surface area contributed by atoms with Gasteiger partial charge in [0.15, 0.2) is 4.90 Å². The Bertz CT molecular complexity index is 573. The molecule has 0 unspecified atom stereocenters. The highest BCUT2D eigenvalue weighted by Gasteiger charge is 2.28. The van der Waals surface area contributed by atoms with Gasteiger partial charge in [-0.25, -0.2) is 13.1 Å². The SMILES string of the molecule is CC[C@H](C)[C@@H](CO)NS(=O)(=O)c1ccccc1[N+](=O)[O-]. The number of rotatable bonds is 7. The van der Waals surface area contributed by atoms with Gasteiger partial charge in [-0.1, -0.05) is 32.4 Å². The first kappa shape index (κ1) is 16.5. The summed E-state index contributed by atoms with van der Waals surface area (Å²) in [6.07, 6.45) is 0.671. The van der Waals surface area contributed by atoms with Crippen LogP contribution in [0.1, 0.15) is 20.3 Å². The Morgan fingerprint density at radius 1 is 1.40 bits per heavy atom. The van der Waals surface area contributed by atoms with Crippen LogP contribution in [0.3, 0.4) is 0 Å². The third kappa shape index (κ3) is 3.75. The first-order valence-corrected chi connectivity index (χ1v) is 7.68. The fourth-order valence-corrected chi connectivity index (χ4v) is 3.22. The van der Waals surface area contributed by atoms with Crippen molar-refractivity contribution in [3.8, 4) is 0 Å². The summed E-state index contributed by atoms with van der Waals surface area (Å²) in [4.78, 5) is 9.74. The molecule has 0 aliphatic heterocycles. The number of para-hydroxylation sites is 1. The highest BCUT2D eigenvalue weighted by atomic mass is 32.2. The number of hydrogen-bond acceptors (Lipinski definition) is 5. The monoisotopic (exact) mass is 302 g/mol. The van der Waals surface area contributed by atoms with Crippen molar-refractivity contribution >= 4 is 15.7 Å². The summed E-state index contributed by atoms with van der Waals surface area (Å²) in [5.41, 5.74) is -0.485. The van der Waals surface area contributed by atoms with Crippen molar-refractivity contribution in [3.05, 3.63) is 34.4 Å². The second-order valence-corrected chi connectivity index (χ2v) is 6.20. The van der Waals surface area contributed by atoms with Gasteiger partial charge in [-0.05, 0) is 12.0 Å². The summed E-state index contributed by atoms with van der Waals surface area (Å²) in [6.45, 7) is 3.30. The van der Waals surface area contributed by atoms with Crippen molar-refractivity contribution in [2.24, 2.45) is 5.92 Å². The summed E-state index contributed by atoms with van der Waals surface area (Å²) >= 11 is 0. The molecule has 7 nitrogen and oxygen atoms in total. The minimum absolute atomic E-state index is 0.0856. The van der Waals surface area contributed by atoms with Gasteiger partial charge >= 0.3 is 0 Å². The van der Waals surface area contributed by atoms with Crippen molar-refractivity contribution in [2.75, 3.05) is 6.61 Å². The standard InChI is InChI=1S/C12H18N2O5S/c1-3-9(2)10(8-15)13-20(18,19)12-7-5-4-6-11(12)14(16)17/h4-7,9-10,13,15H,3,8H2,1-2H3/t9-,10+/m0/s1. The van der Waals surface area contributed by atoms with Crippen LogP contribution in [0.25, 0.3) is 0 Å². The Hall–Kier alpha value is -1.51. The number of aliphatic hydroxyl groups is 1. The highest BCUT2D eigenvalue weighted by Crippen LogP contribution is 2.23. The van der Waals surface area contributed by atoms with Gasteiger partial charge < -0.3 is 5.11 Å². The first-order valence-electron chi connectivity index (χ1n) is 6.20. The van der Waals surface area contributed by atoms with Gasteiger partial charge in [-0.3, -0.25) is 10.1 Å². The van der Waals surface area contributed by atoms with Crippen LogP contribution >= 0.6 is 0 Å². The number of aliphatic hydroxyl groups excluding tert-OH is 1.